The largest absolute Gasteiger partial charge is 0.306 e. The number of amides is 1. The summed E-state index contributed by atoms with van der Waals surface area (Å²) in [4.78, 5) is 17.8. The minimum atomic E-state index is -1.56. The Kier molecular flexibility index (Phi) is 6.76. The van der Waals surface area contributed by atoms with Gasteiger partial charge in [0.1, 0.15) is 28.2 Å². The third-order valence-corrected chi connectivity index (χ3v) is 8.45. The molecule has 1 fully saturated rings. The number of carbonyl (C=O) groups is 1. The molecule has 0 spiro atoms. The van der Waals surface area contributed by atoms with E-state index in [1.807, 2.05) is 37.3 Å². The quantitative estimate of drug-likeness (QED) is 0.340. The van der Waals surface area contributed by atoms with Gasteiger partial charge in [0.05, 0.1) is 22.5 Å². The van der Waals surface area contributed by atoms with Crippen LogP contribution in [0.2, 0.25) is 0 Å². The van der Waals surface area contributed by atoms with E-state index in [-0.39, 0.29) is 16.7 Å². The van der Waals surface area contributed by atoms with Crippen LogP contribution in [-0.2, 0) is 11.0 Å². The van der Waals surface area contributed by atoms with Gasteiger partial charge in [0.15, 0.2) is 5.65 Å². The minimum absolute atomic E-state index is 0.0971. The van der Waals surface area contributed by atoms with E-state index in [0.29, 0.717) is 43.0 Å². The zero-order valence-electron chi connectivity index (χ0n) is 21.2. The smallest absolute Gasteiger partial charge is 0.262 e. The number of carbonyl (C=O) groups excluding carboxylic acids is 1. The maximum atomic E-state index is 14.2. The van der Waals surface area contributed by atoms with Gasteiger partial charge in [-0.1, -0.05) is 29.8 Å². The Morgan fingerprint density at radius 1 is 1.08 bits per heavy atom. The molecule has 1 unspecified atom stereocenters. The van der Waals surface area contributed by atoms with Crippen molar-refractivity contribution >= 4 is 28.4 Å². The van der Waals surface area contributed by atoms with Gasteiger partial charge in [0.25, 0.3) is 5.91 Å². The highest BCUT2D eigenvalue weighted by Crippen LogP contribution is 2.32. The van der Waals surface area contributed by atoms with Gasteiger partial charge in [-0.25, -0.2) is 27.1 Å². The van der Waals surface area contributed by atoms with Gasteiger partial charge in [0.2, 0.25) is 0 Å². The van der Waals surface area contributed by atoms with Crippen molar-refractivity contribution < 1.29 is 13.4 Å². The topological polar surface area (TPSA) is 97.4 Å². The normalized spacial score (nSPS) is 15.4. The van der Waals surface area contributed by atoms with Crippen molar-refractivity contribution in [3.8, 4) is 5.69 Å². The lowest BCUT2D eigenvalue weighted by atomic mass is 9.95. The van der Waals surface area contributed by atoms with Gasteiger partial charge in [0, 0.05) is 37.5 Å². The molecule has 3 aromatic heterocycles. The van der Waals surface area contributed by atoms with Crippen LogP contribution < -0.4 is 5.32 Å². The zero-order valence-corrected chi connectivity index (χ0v) is 22.0. The van der Waals surface area contributed by atoms with Crippen LogP contribution in [0.5, 0.6) is 0 Å². The number of aromatic nitrogens is 5. The molecule has 1 aliphatic heterocycles. The standard InChI is InChI=1S/C28H26FN7O2S/c1-19-7-9-21(10-8-19)36-26(32-28(37)22-18-31-35-14-4-13-30-27(22)35)17-24(33-36)20-11-15-34(16-12-20)39(38)25-6-3-2-5-23(25)29/h2-10,13-14,17-18,20H,11-12,15-16H2,1H3,(H,32,37). The molecule has 0 bridgehead atoms. The van der Waals surface area contributed by atoms with Gasteiger partial charge in [-0.05, 0) is 50.1 Å². The molecule has 6 rings (SSSR count). The highest BCUT2D eigenvalue weighted by Gasteiger charge is 2.28. The van der Waals surface area contributed by atoms with E-state index < -0.39 is 16.8 Å². The third kappa shape index (κ3) is 4.98. The fourth-order valence-corrected chi connectivity index (χ4v) is 6.04. The molecular weight excluding hydrogens is 517 g/mol. The van der Waals surface area contributed by atoms with Crippen molar-refractivity contribution in [3.63, 3.8) is 0 Å². The van der Waals surface area contributed by atoms with Crippen molar-refractivity contribution in [1.82, 2.24) is 28.7 Å². The van der Waals surface area contributed by atoms with E-state index in [1.165, 1.54) is 12.3 Å². The Bertz CT molecular complexity index is 1670. The molecule has 1 atom stereocenters. The van der Waals surface area contributed by atoms with E-state index >= 15 is 0 Å². The first kappa shape index (κ1) is 25.1. The monoisotopic (exact) mass is 543 g/mol. The summed E-state index contributed by atoms with van der Waals surface area (Å²) in [6, 6.07) is 17.7. The average Bonchev–Trinajstić information content (AvgIpc) is 3.58. The summed E-state index contributed by atoms with van der Waals surface area (Å²) in [7, 11) is -1.56. The van der Waals surface area contributed by atoms with Crippen LogP contribution in [0.1, 0.15) is 40.4 Å². The van der Waals surface area contributed by atoms with Crippen LogP contribution >= 0.6 is 0 Å². The molecule has 4 heterocycles. The first-order chi connectivity index (χ1) is 19.0. The van der Waals surface area contributed by atoms with Crippen LogP contribution in [0.3, 0.4) is 0 Å². The molecule has 1 N–H and O–H groups in total. The summed E-state index contributed by atoms with van der Waals surface area (Å²) in [5.41, 5.74) is 3.59. The predicted molar refractivity (Wildman–Crippen MR) is 146 cm³/mol. The molecule has 198 valence electrons. The highest BCUT2D eigenvalue weighted by atomic mass is 32.2. The molecule has 5 aromatic rings. The predicted octanol–water partition coefficient (Wildman–Crippen LogP) is 4.52. The summed E-state index contributed by atoms with van der Waals surface area (Å²) in [5, 5.41) is 12.1. The van der Waals surface area contributed by atoms with Gasteiger partial charge in [-0.15, -0.1) is 0 Å². The van der Waals surface area contributed by atoms with Gasteiger partial charge in [-0.3, -0.25) is 4.79 Å². The number of fused-ring (bicyclic) bond motifs is 1. The van der Waals surface area contributed by atoms with Crippen LogP contribution in [0, 0.1) is 12.7 Å². The second kappa shape index (κ2) is 10.5. The van der Waals surface area contributed by atoms with Crippen LogP contribution in [0.15, 0.2) is 84.1 Å². The Hall–Kier alpha value is -4.22. The van der Waals surface area contributed by atoms with Crippen molar-refractivity contribution in [2.24, 2.45) is 0 Å². The van der Waals surface area contributed by atoms with Gasteiger partial charge in [-0.2, -0.15) is 10.2 Å². The molecule has 1 amide bonds. The molecule has 1 aliphatic rings. The number of anilines is 1. The van der Waals surface area contributed by atoms with Crippen molar-refractivity contribution in [1.29, 1.82) is 0 Å². The van der Waals surface area contributed by atoms with Crippen LogP contribution in [0.4, 0.5) is 10.2 Å². The lowest BCUT2D eigenvalue weighted by molar-refractivity contribution is 0.102. The molecule has 0 radical (unpaired) electrons. The van der Waals surface area contributed by atoms with Crippen molar-refractivity contribution in [2.45, 2.75) is 30.6 Å². The van der Waals surface area contributed by atoms with Gasteiger partial charge < -0.3 is 5.32 Å². The number of rotatable bonds is 6. The maximum Gasteiger partial charge on any atom is 0.262 e. The fraction of sp³-hybridized carbons (Fsp3) is 0.214. The zero-order chi connectivity index (χ0) is 26.9. The minimum Gasteiger partial charge on any atom is -0.306 e. The molecule has 1 saturated heterocycles. The van der Waals surface area contributed by atoms with E-state index in [0.717, 1.165) is 16.9 Å². The third-order valence-electron chi connectivity index (χ3n) is 6.90. The molecule has 11 heteroatoms. The lowest BCUT2D eigenvalue weighted by Crippen LogP contribution is -2.34. The number of nitrogens with one attached hydrogen (secondary N) is 1. The summed E-state index contributed by atoms with van der Waals surface area (Å²) < 4.78 is 32.2. The molecule has 0 aliphatic carbocycles. The number of piperidine rings is 1. The second-order valence-corrected chi connectivity index (χ2v) is 10.9. The Labute approximate surface area is 226 Å². The van der Waals surface area contributed by atoms with Crippen LogP contribution in [0.25, 0.3) is 11.3 Å². The van der Waals surface area contributed by atoms with Crippen molar-refractivity contribution in [3.05, 3.63) is 102 Å². The summed E-state index contributed by atoms with van der Waals surface area (Å²) in [5.74, 6) is -0.165. The van der Waals surface area contributed by atoms with Crippen LogP contribution in [-0.4, -0.2) is 51.9 Å². The van der Waals surface area contributed by atoms with Gasteiger partial charge >= 0.3 is 0 Å². The van der Waals surface area contributed by atoms with E-state index in [2.05, 4.69) is 15.4 Å². The SMILES string of the molecule is Cc1ccc(-n2nc(C3CCN(S(=O)c4ccccc4F)CC3)cc2NC(=O)c2cnn3cccnc23)cc1. The lowest BCUT2D eigenvalue weighted by Gasteiger charge is -2.30. The van der Waals surface area contributed by atoms with E-state index in [9.17, 15) is 13.4 Å². The number of halogens is 1. The summed E-state index contributed by atoms with van der Waals surface area (Å²) in [6.45, 7) is 3.09. The second-order valence-electron chi connectivity index (χ2n) is 9.48. The Balaban J connectivity index is 1.25. The first-order valence-corrected chi connectivity index (χ1v) is 13.8. The maximum absolute atomic E-state index is 14.2. The fourth-order valence-electron chi connectivity index (χ4n) is 4.78. The molecule has 9 nitrogen and oxygen atoms in total. The Morgan fingerprint density at radius 2 is 1.85 bits per heavy atom. The molecule has 39 heavy (non-hydrogen) atoms. The number of aryl methyl sites for hydroxylation is 1. The number of hydrogen-bond acceptors (Lipinski definition) is 5. The molecule has 2 aromatic carbocycles. The van der Waals surface area contributed by atoms with E-state index in [1.54, 1.807) is 50.2 Å². The van der Waals surface area contributed by atoms with E-state index in [4.69, 9.17) is 5.10 Å². The summed E-state index contributed by atoms with van der Waals surface area (Å²) >= 11 is 0. The average molecular weight is 544 g/mol. The number of nitrogens with zero attached hydrogens (tertiary/aromatic N) is 6. The Morgan fingerprint density at radius 3 is 2.62 bits per heavy atom. The summed E-state index contributed by atoms with van der Waals surface area (Å²) in [6.07, 6.45) is 6.26. The highest BCUT2D eigenvalue weighted by molar-refractivity contribution is 7.82. The first-order valence-electron chi connectivity index (χ1n) is 12.7. The molecular formula is C28H26FN7O2S. The van der Waals surface area contributed by atoms with Crippen molar-refractivity contribution in [2.75, 3.05) is 18.4 Å². The number of hydrogen-bond donors (Lipinski definition) is 1. The molecule has 0 saturated carbocycles. The number of benzene rings is 2.